The maximum atomic E-state index is 15.0. The summed E-state index contributed by atoms with van der Waals surface area (Å²) in [5.41, 5.74) is 1.23. The summed E-state index contributed by atoms with van der Waals surface area (Å²) in [5.74, 6) is -12.5. The minimum Gasteiger partial charge on any atom is -0.481 e. The molecule has 3 fully saturated rings. The smallest absolute Gasteiger partial charge is 0.410 e. The average Bonchev–Trinajstić information content (AvgIpc) is 1.78. The third-order valence-corrected chi connectivity index (χ3v) is 20.4. The van der Waals surface area contributed by atoms with Crippen LogP contribution >= 0.6 is 0 Å². The van der Waals surface area contributed by atoms with Crippen molar-refractivity contribution in [3.8, 4) is 0 Å². The molecule has 0 radical (unpaired) electrons. The highest BCUT2D eigenvalue weighted by atomic mass is 16.7. The summed E-state index contributed by atoms with van der Waals surface area (Å²) in [6.45, 7) is 12.8. The maximum absolute atomic E-state index is 15.0. The zero-order valence-corrected chi connectivity index (χ0v) is 66.7. The van der Waals surface area contributed by atoms with Crippen molar-refractivity contribution < 1.29 is 138 Å². The van der Waals surface area contributed by atoms with Crippen LogP contribution in [-0.4, -0.2) is 316 Å². The molecule has 2 aromatic rings. The Kier molecular flexibility index (Phi) is 38.2. The summed E-state index contributed by atoms with van der Waals surface area (Å²) in [7, 11) is 5.78. The standard InChI is InChI=1S/C76H118N10O28/c1-14-41(8)58(49(108-12)33-53(90)86-30-18-22-48(86)65(109-13)42(9)67(99)80-46(32-43-20-16-15-17-21-43)68(100)77-29-19-31-110-74-64(98)61(95)62(96)66(114-74)73(105)106)84(10)72(104)56(39(4)5)83-71(103)57(40(6)7)85(11)76(107)112-36-44-23-25-45(26-24-44)79-69(101)47(37-111-75-63(97)60(94)59(93)50(35-87)113-75)81-70(102)55(38(2)3)82-52(89)34-78-51(88)27-28-54(91)92/h15-17,20-21,23-26,38-42,46-50,55-66,74-75,87,93-98H,14,18-19,22,27-37H2,1-13H3,(H,77,100)(H,78,88)(H,79,101)(H,80,99)(H,81,102)(H,82,89)(H,83,103)(H,91,92)(H,105,106)/t41-,42+,46-,47-,48-,49+,50+,55-,56-,57-,58-,59+,60-,61-,62-,63+,64+,65+,66-,74+,75+/m0/s1/i27T/t27?,41-,42+,46-,47-,48-,49+,50+,55-,56-,57-,58-,59+,60-,61-,62-,63+,64+,65+,66-,74+,75+. The zero-order chi connectivity index (χ0) is 86.0. The average molecular weight is 1620 g/mol. The summed E-state index contributed by atoms with van der Waals surface area (Å²) in [4.78, 5) is 166. The van der Waals surface area contributed by atoms with Crippen LogP contribution in [0.5, 0.6) is 0 Å². The maximum Gasteiger partial charge on any atom is 0.410 e. The van der Waals surface area contributed by atoms with Gasteiger partial charge in [-0.2, -0.15) is 0 Å². The molecular weight excluding hydrogens is 1500 g/mol. The largest absolute Gasteiger partial charge is 0.481 e. The lowest BCUT2D eigenvalue weighted by Gasteiger charge is -2.41. The number of ether oxygens (including phenoxy) is 7. The van der Waals surface area contributed by atoms with E-state index in [0.717, 1.165) is 10.5 Å². The van der Waals surface area contributed by atoms with Gasteiger partial charge in [-0.15, -0.1) is 0 Å². The van der Waals surface area contributed by atoms with Crippen molar-refractivity contribution >= 4 is 76.9 Å². The third-order valence-electron chi connectivity index (χ3n) is 20.4. The van der Waals surface area contributed by atoms with Crippen LogP contribution in [0.1, 0.15) is 120 Å². The number of hydrogen-bond acceptors (Lipinski definition) is 26. The van der Waals surface area contributed by atoms with E-state index < -0.39 is 237 Å². The fourth-order valence-corrected chi connectivity index (χ4v) is 13.7. The molecule has 114 heavy (non-hydrogen) atoms. The fourth-order valence-electron chi connectivity index (χ4n) is 13.7. The summed E-state index contributed by atoms with van der Waals surface area (Å²) in [6, 6.07) is 6.83. The van der Waals surface area contributed by atoms with Crippen LogP contribution in [0.2, 0.25) is 0 Å². The van der Waals surface area contributed by atoms with E-state index in [2.05, 4.69) is 37.2 Å². The highest BCUT2D eigenvalue weighted by Gasteiger charge is 2.49. The Morgan fingerprint density at radius 2 is 1.27 bits per heavy atom. The molecule has 0 saturated carbocycles. The molecule has 0 spiro atoms. The highest BCUT2D eigenvalue weighted by Crippen LogP contribution is 2.31. The van der Waals surface area contributed by atoms with E-state index in [4.69, 9.17) is 39.6 Å². The Balaban J connectivity index is 1.22. The molecule has 5 rings (SSSR count). The lowest BCUT2D eigenvalue weighted by molar-refractivity contribution is -0.301. The summed E-state index contributed by atoms with van der Waals surface area (Å²) in [5, 5.41) is 108. The normalized spacial score (nSPS) is 24.0. The van der Waals surface area contributed by atoms with Gasteiger partial charge in [0.05, 0.1) is 69.4 Å². The predicted molar refractivity (Wildman–Crippen MR) is 403 cm³/mol. The number of hydrogen-bond donors (Lipinski definition) is 16. The van der Waals surface area contributed by atoms with E-state index in [1.54, 1.807) is 90.7 Å². The number of rotatable bonds is 44. The number of carbonyl (C=O) groups is 12. The Hall–Kier alpha value is -8.64. The Morgan fingerprint density at radius 3 is 1.85 bits per heavy atom. The van der Waals surface area contributed by atoms with Crippen LogP contribution in [0.3, 0.4) is 0 Å². The SMILES string of the molecule is [3H]C(CC(=O)O)C(=O)NCC(=O)N[C@H](C(=O)N[C@@H](CO[C@@H]1O[C@H](CO)[C@@H](O)[C@H](O)[C@H]1O)C(=O)Nc1ccc(COC(=O)N(C)[C@H](C(=O)N[C@H](C(=O)N(C)[C@@H]([C@@H](C)CC)[C@@H](CC(=O)N2CCC[C@H]2[C@H](OC)[C@@H](C)C(=O)N[C@@H](Cc2ccccc2)C(=O)NCCCO[C@@H]2O[C@H](C(=O)O)[C@@H](O)[C@H](O)[C@H]2O)OC)C(C)C)C(C)C)cc1)C(C)C. The molecule has 22 atom stereocenters. The first kappa shape index (κ1) is 94.2. The number of carbonyl (C=O) groups excluding carboxylic acids is 10. The Morgan fingerprint density at radius 1 is 0.649 bits per heavy atom. The second-order valence-electron chi connectivity index (χ2n) is 29.8. The molecule has 16 N–H and O–H groups in total. The molecular formula is C76H118N10O28. The molecule has 0 aliphatic carbocycles. The molecule has 0 aromatic heterocycles. The molecule has 3 aliphatic rings. The van der Waals surface area contributed by atoms with Crippen LogP contribution in [0.15, 0.2) is 54.6 Å². The number of likely N-dealkylation sites (tertiary alicyclic amines) is 1. The quantitative estimate of drug-likeness (QED) is 0.0314. The van der Waals surface area contributed by atoms with Crippen LogP contribution < -0.4 is 37.2 Å². The summed E-state index contributed by atoms with van der Waals surface area (Å²) in [6.07, 6.45) is -21.4. The number of carboxylic acids is 2. The van der Waals surface area contributed by atoms with Crippen LogP contribution in [-0.2, 0) is 98.9 Å². The molecule has 38 nitrogen and oxygen atoms in total. The van der Waals surface area contributed by atoms with Crippen molar-refractivity contribution in [1.82, 2.24) is 46.6 Å². The van der Waals surface area contributed by atoms with E-state index >= 15 is 0 Å². The Bertz CT molecular complexity index is 3530. The van der Waals surface area contributed by atoms with Crippen LogP contribution in [0.4, 0.5) is 10.5 Å². The van der Waals surface area contributed by atoms with Gasteiger partial charge in [0.1, 0.15) is 79.5 Å². The van der Waals surface area contributed by atoms with Gasteiger partial charge in [-0.05, 0) is 66.2 Å². The first-order valence-electron chi connectivity index (χ1n) is 38.6. The molecule has 3 saturated heterocycles. The topological polar surface area (TPSA) is 545 Å². The number of nitrogens with zero attached hydrogens (tertiary/aromatic N) is 3. The second-order valence-corrected chi connectivity index (χ2v) is 29.8. The number of aliphatic hydroxyl groups excluding tert-OH is 7. The molecule has 2 aromatic carbocycles. The van der Waals surface area contributed by atoms with E-state index in [9.17, 15) is 98.4 Å². The number of aliphatic carboxylic acids is 2. The Labute approximate surface area is 663 Å². The minimum atomic E-state index is -1.91. The lowest BCUT2D eigenvalue weighted by Crippen LogP contribution is -2.60. The van der Waals surface area contributed by atoms with Gasteiger partial charge in [0.25, 0.3) is 0 Å². The number of likely N-dealkylation sites (N-methyl/N-ethyl adjacent to an activating group) is 2. The van der Waals surface area contributed by atoms with Crippen molar-refractivity contribution in [3.05, 3.63) is 65.7 Å². The molecule has 38 heteroatoms. The van der Waals surface area contributed by atoms with Crippen molar-refractivity contribution in [2.75, 3.05) is 73.1 Å². The van der Waals surface area contributed by atoms with Crippen LogP contribution in [0, 0.1) is 29.6 Å². The lowest BCUT2D eigenvalue weighted by atomic mass is 9.89. The van der Waals surface area contributed by atoms with Gasteiger partial charge in [-0.1, -0.05) is 111 Å². The van der Waals surface area contributed by atoms with E-state index in [1.165, 1.54) is 50.4 Å². The number of benzene rings is 2. The van der Waals surface area contributed by atoms with Gasteiger partial charge in [0.2, 0.25) is 53.2 Å². The first-order chi connectivity index (χ1) is 54.2. The molecule has 3 aliphatic heterocycles. The van der Waals surface area contributed by atoms with Crippen molar-refractivity contribution in [3.63, 3.8) is 0 Å². The van der Waals surface area contributed by atoms with Crippen molar-refractivity contribution in [2.45, 2.75) is 236 Å². The molecule has 0 bridgehead atoms. The van der Waals surface area contributed by atoms with Gasteiger partial charge in [-0.3, -0.25) is 52.8 Å². The summed E-state index contributed by atoms with van der Waals surface area (Å²) < 4.78 is 47.2. The molecule has 10 amide bonds. The van der Waals surface area contributed by atoms with Crippen molar-refractivity contribution in [1.29, 1.82) is 0 Å². The minimum absolute atomic E-state index is 0.00664. The number of amides is 10. The van der Waals surface area contributed by atoms with Gasteiger partial charge in [0, 0.05) is 61.3 Å². The molecule has 1 unspecified atom stereocenters. The van der Waals surface area contributed by atoms with Crippen molar-refractivity contribution in [2.24, 2.45) is 29.6 Å². The van der Waals surface area contributed by atoms with E-state index in [0.29, 0.717) is 31.4 Å². The number of anilines is 1. The second kappa shape index (κ2) is 46.2. The van der Waals surface area contributed by atoms with Gasteiger partial charge >= 0.3 is 18.0 Å². The number of methoxy groups -OCH3 is 2. The number of nitrogens with one attached hydrogen (secondary N) is 7. The molecule has 640 valence electrons. The van der Waals surface area contributed by atoms with Gasteiger partial charge < -0.3 is 126 Å². The molecule has 3 heterocycles. The first-order valence-corrected chi connectivity index (χ1v) is 38.0. The number of carboxylic acid groups (broad SMARTS) is 2. The number of aliphatic hydroxyl groups is 7. The summed E-state index contributed by atoms with van der Waals surface area (Å²) >= 11 is 0. The monoisotopic (exact) mass is 1620 g/mol. The fraction of sp³-hybridized carbons (Fsp3) is 0.684. The zero-order valence-electron chi connectivity index (χ0n) is 67.7. The van der Waals surface area contributed by atoms with Crippen LogP contribution in [0.25, 0.3) is 0 Å². The van der Waals surface area contributed by atoms with Gasteiger partial charge in [-0.25, -0.2) is 9.59 Å². The predicted octanol–water partition coefficient (Wildman–Crippen LogP) is -2.16. The third kappa shape index (κ3) is 27.2. The van der Waals surface area contributed by atoms with E-state index in [1.807, 2.05) is 13.8 Å². The van der Waals surface area contributed by atoms with Gasteiger partial charge in [0.15, 0.2) is 18.7 Å². The van der Waals surface area contributed by atoms with E-state index in [-0.39, 0.29) is 56.5 Å². The highest BCUT2D eigenvalue weighted by molar-refractivity contribution is 5.99.